The number of nitrogens with one attached hydrogen (secondary N) is 2. The van der Waals surface area contributed by atoms with Crippen molar-refractivity contribution in [2.24, 2.45) is 0 Å². The van der Waals surface area contributed by atoms with Crippen molar-refractivity contribution in [2.45, 2.75) is 19.9 Å². The molecule has 0 saturated carbocycles. The number of hydrogen-bond donors (Lipinski definition) is 2. The Balaban J connectivity index is 1.58. The van der Waals surface area contributed by atoms with E-state index in [9.17, 15) is 0 Å². The number of aryl methyl sites for hydroxylation is 1. The smallest absolute Gasteiger partial charge is 0.160 e. The molecule has 146 valence electrons. The van der Waals surface area contributed by atoms with E-state index >= 15 is 0 Å². The van der Waals surface area contributed by atoms with Crippen molar-refractivity contribution in [1.82, 2.24) is 15.0 Å². The summed E-state index contributed by atoms with van der Waals surface area (Å²) in [6.45, 7) is 3.29. The van der Waals surface area contributed by atoms with Crippen LogP contribution in [0.3, 0.4) is 0 Å². The largest absolute Gasteiger partial charge is 0.493 e. The molecule has 0 aliphatic carbocycles. The van der Waals surface area contributed by atoms with Crippen molar-refractivity contribution in [3.8, 4) is 11.5 Å². The summed E-state index contributed by atoms with van der Waals surface area (Å²) in [6, 6.07) is 11.8. The monoisotopic (exact) mass is 379 g/mol. The van der Waals surface area contributed by atoms with Crippen LogP contribution >= 0.6 is 0 Å². The van der Waals surface area contributed by atoms with E-state index in [1.165, 1.54) is 0 Å². The van der Waals surface area contributed by atoms with Crippen molar-refractivity contribution >= 4 is 11.6 Å². The molecular weight excluding hydrogens is 354 g/mol. The normalized spacial score (nSPS) is 10.4. The molecule has 0 atom stereocenters. The molecule has 0 radical (unpaired) electrons. The van der Waals surface area contributed by atoms with Crippen LogP contribution in [-0.2, 0) is 13.0 Å². The second-order valence-corrected chi connectivity index (χ2v) is 6.27. The third kappa shape index (κ3) is 5.33. The zero-order valence-electron chi connectivity index (χ0n) is 16.4. The van der Waals surface area contributed by atoms with Gasteiger partial charge < -0.3 is 20.1 Å². The van der Waals surface area contributed by atoms with Gasteiger partial charge in [-0.1, -0.05) is 12.1 Å². The van der Waals surface area contributed by atoms with Gasteiger partial charge in [0, 0.05) is 31.5 Å². The van der Waals surface area contributed by atoms with Crippen molar-refractivity contribution < 1.29 is 9.47 Å². The standard InChI is InChI=1S/C21H25N5O2/c1-15-25-20(12-21(26-15)24-14-17-5-4-9-22-13-17)23-10-8-16-6-7-18(27-2)19(11-16)28-3/h4-7,9,11-13H,8,10,14H2,1-3H3,(H2,23,24,25,26). The maximum atomic E-state index is 5.36. The van der Waals surface area contributed by atoms with Crippen LogP contribution in [-0.4, -0.2) is 35.7 Å². The van der Waals surface area contributed by atoms with Crippen LogP contribution in [0, 0.1) is 6.92 Å². The molecule has 0 aliphatic rings. The van der Waals surface area contributed by atoms with E-state index in [2.05, 4.69) is 25.6 Å². The number of hydrogen-bond acceptors (Lipinski definition) is 7. The summed E-state index contributed by atoms with van der Waals surface area (Å²) in [7, 11) is 3.28. The lowest BCUT2D eigenvalue weighted by molar-refractivity contribution is 0.354. The summed E-state index contributed by atoms with van der Waals surface area (Å²) in [5.41, 5.74) is 2.26. The number of aromatic nitrogens is 3. The molecule has 0 saturated heterocycles. The van der Waals surface area contributed by atoms with Gasteiger partial charge in [0.05, 0.1) is 14.2 Å². The molecule has 0 unspecified atom stereocenters. The molecule has 2 aromatic heterocycles. The van der Waals surface area contributed by atoms with E-state index < -0.39 is 0 Å². The van der Waals surface area contributed by atoms with Gasteiger partial charge in [0.2, 0.25) is 0 Å². The minimum absolute atomic E-state index is 0.662. The molecule has 2 heterocycles. The van der Waals surface area contributed by atoms with E-state index in [0.29, 0.717) is 12.4 Å². The first-order valence-electron chi connectivity index (χ1n) is 9.11. The number of benzene rings is 1. The number of nitrogens with zero attached hydrogens (tertiary/aromatic N) is 3. The second-order valence-electron chi connectivity index (χ2n) is 6.27. The van der Waals surface area contributed by atoms with Crippen molar-refractivity contribution in [1.29, 1.82) is 0 Å². The van der Waals surface area contributed by atoms with Crippen LogP contribution in [0.4, 0.5) is 11.6 Å². The molecule has 3 rings (SSSR count). The lowest BCUT2D eigenvalue weighted by Gasteiger charge is -2.12. The Morgan fingerprint density at radius 3 is 2.39 bits per heavy atom. The van der Waals surface area contributed by atoms with E-state index in [1.54, 1.807) is 20.4 Å². The number of rotatable bonds is 9. The van der Waals surface area contributed by atoms with Crippen LogP contribution < -0.4 is 20.1 Å². The molecule has 28 heavy (non-hydrogen) atoms. The molecule has 0 aliphatic heterocycles. The van der Waals surface area contributed by atoms with Crippen LogP contribution in [0.1, 0.15) is 17.0 Å². The zero-order chi connectivity index (χ0) is 19.8. The Morgan fingerprint density at radius 1 is 0.893 bits per heavy atom. The summed E-state index contributed by atoms with van der Waals surface area (Å²) in [6.07, 6.45) is 4.43. The van der Waals surface area contributed by atoms with Crippen LogP contribution in [0.2, 0.25) is 0 Å². The fraction of sp³-hybridized carbons (Fsp3) is 0.286. The Hall–Kier alpha value is -3.35. The summed E-state index contributed by atoms with van der Waals surface area (Å²) < 4.78 is 10.6. The fourth-order valence-electron chi connectivity index (χ4n) is 2.82. The molecule has 0 fully saturated rings. The van der Waals surface area contributed by atoms with Gasteiger partial charge in [-0.2, -0.15) is 0 Å². The number of anilines is 2. The highest BCUT2D eigenvalue weighted by Gasteiger charge is 2.06. The molecule has 2 N–H and O–H groups in total. The summed E-state index contributed by atoms with van der Waals surface area (Å²) in [4.78, 5) is 13.0. The SMILES string of the molecule is COc1ccc(CCNc2cc(NCc3cccnc3)nc(C)n2)cc1OC. The summed E-state index contributed by atoms with van der Waals surface area (Å²) in [5, 5.41) is 6.68. The highest BCUT2D eigenvalue weighted by Crippen LogP contribution is 2.27. The molecule has 0 spiro atoms. The van der Waals surface area contributed by atoms with Crippen molar-refractivity contribution in [2.75, 3.05) is 31.4 Å². The molecule has 0 bridgehead atoms. The Bertz CT molecular complexity index is 903. The quantitative estimate of drug-likeness (QED) is 0.589. The average molecular weight is 379 g/mol. The average Bonchev–Trinajstić information content (AvgIpc) is 2.72. The first kappa shape index (κ1) is 19.4. The van der Waals surface area contributed by atoms with Gasteiger partial charge in [0.1, 0.15) is 17.5 Å². The first-order valence-corrected chi connectivity index (χ1v) is 9.11. The molecule has 7 heteroatoms. The predicted octanol–water partition coefficient (Wildman–Crippen LogP) is 3.46. The number of ether oxygens (including phenoxy) is 2. The highest BCUT2D eigenvalue weighted by molar-refractivity contribution is 5.48. The minimum atomic E-state index is 0.662. The van der Waals surface area contributed by atoms with Crippen molar-refractivity contribution in [3.63, 3.8) is 0 Å². The Kier molecular flexibility index (Phi) is 6.62. The third-order valence-corrected chi connectivity index (χ3v) is 4.20. The highest BCUT2D eigenvalue weighted by atomic mass is 16.5. The first-order chi connectivity index (χ1) is 13.7. The van der Waals surface area contributed by atoms with E-state index in [-0.39, 0.29) is 0 Å². The maximum absolute atomic E-state index is 5.36. The van der Waals surface area contributed by atoms with Gasteiger partial charge in [-0.15, -0.1) is 0 Å². The minimum Gasteiger partial charge on any atom is -0.493 e. The van der Waals surface area contributed by atoms with Crippen LogP contribution in [0.15, 0.2) is 48.8 Å². The van der Waals surface area contributed by atoms with Gasteiger partial charge in [-0.3, -0.25) is 4.98 Å². The van der Waals surface area contributed by atoms with Gasteiger partial charge in [-0.05, 0) is 42.7 Å². The van der Waals surface area contributed by atoms with Crippen LogP contribution in [0.25, 0.3) is 0 Å². The van der Waals surface area contributed by atoms with E-state index in [4.69, 9.17) is 9.47 Å². The summed E-state index contributed by atoms with van der Waals surface area (Å²) in [5.74, 6) is 3.76. The maximum Gasteiger partial charge on any atom is 0.160 e. The molecule has 0 amide bonds. The lowest BCUT2D eigenvalue weighted by atomic mass is 10.1. The summed E-state index contributed by atoms with van der Waals surface area (Å²) >= 11 is 0. The van der Waals surface area contributed by atoms with Gasteiger partial charge in [0.15, 0.2) is 11.5 Å². The van der Waals surface area contributed by atoms with Crippen molar-refractivity contribution in [3.05, 3.63) is 65.7 Å². The van der Waals surface area contributed by atoms with Gasteiger partial charge in [-0.25, -0.2) is 9.97 Å². The Labute approximate surface area is 165 Å². The molecule has 7 nitrogen and oxygen atoms in total. The number of methoxy groups -OCH3 is 2. The topological polar surface area (TPSA) is 81.2 Å². The molecular formula is C21H25N5O2. The molecule has 3 aromatic rings. The van der Waals surface area contributed by atoms with Gasteiger partial charge >= 0.3 is 0 Å². The van der Waals surface area contributed by atoms with Gasteiger partial charge in [0.25, 0.3) is 0 Å². The second kappa shape index (κ2) is 9.55. The number of pyridine rings is 1. The molecule has 1 aromatic carbocycles. The fourth-order valence-corrected chi connectivity index (χ4v) is 2.82. The third-order valence-electron chi connectivity index (χ3n) is 4.20. The van der Waals surface area contributed by atoms with Crippen LogP contribution in [0.5, 0.6) is 11.5 Å². The zero-order valence-corrected chi connectivity index (χ0v) is 16.4. The van der Waals surface area contributed by atoms with E-state index in [0.717, 1.165) is 47.2 Å². The lowest BCUT2D eigenvalue weighted by Crippen LogP contribution is -2.09. The predicted molar refractivity (Wildman–Crippen MR) is 110 cm³/mol. The Morgan fingerprint density at radius 2 is 1.68 bits per heavy atom. The van der Waals surface area contributed by atoms with E-state index in [1.807, 2.05) is 49.5 Å².